The molecule has 100 valence electrons. The number of para-hydroxylation sites is 1. The van der Waals surface area contributed by atoms with E-state index in [2.05, 4.69) is 26.2 Å². The Labute approximate surface area is 123 Å². The molecule has 0 unspecified atom stereocenters. The summed E-state index contributed by atoms with van der Waals surface area (Å²) < 4.78 is 2.57. The number of carbonyl (C=O) groups is 1. The topological polar surface area (TPSA) is 68.0 Å². The van der Waals surface area contributed by atoms with E-state index in [9.17, 15) is 9.90 Å². The molecule has 0 aliphatic heterocycles. The minimum Gasteiger partial charge on any atom is -0.478 e. The van der Waals surface area contributed by atoms with E-state index in [-0.39, 0.29) is 5.56 Å². The third-order valence-electron chi connectivity index (χ3n) is 3.04. The van der Waals surface area contributed by atoms with Gasteiger partial charge in [0.25, 0.3) is 0 Å². The van der Waals surface area contributed by atoms with E-state index in [1.807, 2.05) is 24.3 Å². The first-order valence-corrected chi connectivity index (χ1v) is 6.75. The maximum absolute atomic E-state index is 11.3. The quantitative estimate of drug-likeness (QED) is 0.801. The number of carboxylic acid groups (broad SMARTS) is 1. The molecule has 1 aromatic heterocycles. The fraction of sp³-hybridized carbons (Fsp3) is 0.0714. The molecule has 0 atom stereocenters. The van der Waals surface area contributed by atoms with E-state index in [0.29, 0.717) is 17.6 Å². The summed E-state index contributed by atoms with van der Waals surface area (Å²) in [6.07, 6.45) is 0. The van der Waals surface area contributed by atoms with Gasteiger partial charge in [0.2, 0.25) is 0 Å². The molecule has 0 aliphatic rings. The highest BCUT2D eigenvalue weighted by Gasteiger charge is 2.15. The summed E-state index contributed by atoms with van der Waals surface area (Å²) in [4.78, 5) is 11.3. The lowest BCUT2D eigenvalue weighted by Gasteiger charge is -2.06. The van der Waals surface area contributed by atoms with Crippen LogP contribution in [0.25, 0.3) is 11.0 Å². The van der Waals surface area contributed by atoms with Crippen molar-refractivity contribution in [3.05, 3.63) is 58.1 Å². The molecule has 3 aromatic rings. The lowest BCUT2D eigenvalue weighted by molar-refractivity contribution is 0.0698. The van der Waals surface area contributed by atoms with Crippen LogP contribution in [0.1, 0.15) is 15.9 Å². The van der Waals surface area contributed by atoms with Crippen molar-refractivity contribution in [2.75, 3.05) is 0 Å². The van der Waals surface area contributed by atoms with E-state index >= 15 is 0 Å². The summed E-state index contributed by atoms with van der Waals surface area (Å²) >= 11 is 3.48. The van der Waals surface area contributed by atoms with Crippen molar-refractivity contribution in [3.8, 4) is 0 Å². The average molecular weight is 332 g/mol. The molecule has 0 bridgehead atoms. The number of halogens is 1. The van der Waals surface area contributed by atoms with E-state index in [1.54, 1.807) is 22.9 Å². The molecule has 0 spiro atoms. The number of fused-ring (bicyclic) bond motifs is 1. The molecule has 0 radical (unpaired) electrons. The Morgan fingerprint density at radius 1 is 1.20 bits per heavy atom. The largest absolute Gasteiger partial charge is 0.478 e. The second kappa shape index (κ2) is 5.05. The van der Waals surface area contributed by atoms with Gasteiger partial charge in [-0.15, -0.1) is 5.10 Å². The molecule has 3 rings (SSSR count). The first kappa shape index (κ1) is 12.8. The molecule has 5 nitrogen and oxygen atoms in total. The third kappa shape index (κ3) is 2.18. The molecule has 1 heterocycles. The molecule has 0 aliphatic carbocycles. The number of hydrogen-bond donors (Lipinski definition) is 1. The molecular formula is C14H10BrN3O2. The van der Waals surface area contributed by atoms with Crippen LogP contribution in [0.4, 0.5) is 0 Å². The number of nitrogens with zero attached hydrogens (tertiary/aromatic N) is 3. The zero-order chi connectivity index (χ0) is 14.1. The van der Waals surface area contributed by atoms with Gasteiger partial charge < -0.3 is 5.11 Å². The molecule has 2 aromatic carbocycles. The van der Waals surface area contributed by atoms with Crippen molar-refractivity contribution in [1.29, 1.82) is 0 Å². The van der Waals surface area contributed by atoms with Gasteiger partial charge in [0.15, 0.2) is 0 Å². The van der Waals surface area contributed by atoms with E-state index in [1.165, 1.54) is 0 Å². The van der Waals surface area contributed by atoms with Crippen LogP contribution < -0.4 is 0 Å². The minimum atomic E-state index is -0.980. The Morgan fingerprint density at radius 2 is 2.00 bits per heavy atom. The van der Waals surface area contributed by atoms with Crippen LogP contribution in [0.15, 0.2) is 46.9 Å². The monoisotopic (exact) mass is 331 g/mol. The summed E-state index contributed by atoms with van der Waals surface area (Å²) in [5, 5.41) is 17.3. The molecule has 6 heteroatoms. The van der Waals surface area contributed by atoms with Gasteiger partial charge in [-0.3, -0.25) is 0 Å². The maximum Gasteiger partial charge on any atom is 0.337 e. The van der Waals surface area contributed by atoms with Gasteiger partial charge in [-0.05, 0) is 23.8 Å². The van der Waals surface area contributed by atoms with Crippen molar-refractivity contribution in [3.63, 3.8) is 0 Å². The number of benzene rings is 2. The van der Waals surface area contributed by atoms with E-state index < -0.39 is 5.97 Å². The minimum absolute atomic E-state index is 0.208. The first-order valence-electron chi connectivity index (χ1n) is 5.96. The average Bonchev–Trinajstić information content (AvgIpc) is 2.84. The van der Waals surface area contributed by atoms with Gasteiger partial charge in [0.05, 0.1) is 12.1 Å². The molecule has 0 saturated carbocycles. The van der Waals surface area contributed by atoms with Crippen molar-refractivity contribution in [1.82, 2.24) is 15.0 Å². The van der Waals surface area contributed by atoms with Gasteiger partial charge in [-0.1, -0.05) is 45.4 Å². The number of rotatable bonds is 3. The van der Waals surface area contributed by atoms with Crippen molar-refractivity contribution < 1.29 is 9.90 Å². The standard InChI is InChI=1S/C14H10BrN3O2/c15-11-6-2-1-4-9(11)8-18-13-10(14(19)20)5-3-7-12(13)16-17-18/h1-7H,8H2,(H,19,20). The summed E-state index contributed by atoms with van der Waals surface area (Å²) in [5.41, 5.74) is 2.34. The van der Waals surface area contributed by atoms with Crippen LogP contribution >= 0.6 is 15.9 Å². The summed E-state index contributed by atoms with van der Waals surface area (Å²) in [5.74, 6) is -0.980. The van der Waals surface area contributed by atoms with Crippen LogP contribution in [0.2, 0.25) is 0 Å². The Hall–Kier alpha value is -2.21. The van der Waals surface area contributed by atoms with Crippen LogP contribution in [-0.4, -0.2) is 26.1 Å². The first-order chi connectivity index (χ1) is 9.66. The molecule has 1 N–H and O–H groups in total. The molecule has 0 saturated heterocycles. The fourth-order valence-corrected chi connectivity index (χ4v) is 2.51. The van der Waals surface area contributed by atoms with Gasteiger partial charge in [-0.2, -0.15) is 0 Å². The van der Waals surface area contributed by atoms with Crippen molar-refractivity contribution in [2.45, 2.75) is 6.54 Å². The highest BCUT2D eigenvalue weighted by Crippen LogP contribution is 2.21. The fourth-order valence-electron chi connectivity index (χ4n) is 2.10. The molecular weight excluding hydrogens is 322 g/mol. The van der Waals surface area contributed by atoms with Crippen LogP contribution in [-0.2, 0) is 6.54 Å². The van der Waals surface area contributed by atoms with Crippen LogP contribution in [0.3, 0.4) is 0 Å². The number of hydrogen-bond acceptors (Lipinski definition) is 3. The number of aromatic nitrogens is 3. The van der Waals surface area contributed by atoms with E-state index in [4.69, 9.17) is 0 Å². The number of carboxylic acids is 1. The van der Waals surface area contributed by atoms with Crippen LogP contribution in [0, 0.1) is 0 Å². The lowest BCUT2D eigenvalue weighted by atomic mass is 10.1. The summed E-state index contributed by atoms with van der Waals surface area (Å²) in [6.45, 7) is 0.461. The van der Waals surface area contributed by atoms with Crippen molar-refractivity contribution >= 4 is 32.9 Å². The van der Waals surface area contributed by atoms with Crippen LogP contribution in [0.5, 0.6) is 0 Å². The molecule has 0 amide bonds. The van der Waals surface area contributed by atoms with E-state index in [0.717, 1.165) is 10.0 Å². The van der Waals surface area contributed by atoms with Gasteiger partial charge >= 0.3 is 5.97 Å². The van der Waals surface area contributed by atoms with Gasteiger partial charge in [0, 0.05) is 4.47 Å². The SMILES string of the molecule is O=C(O)c1cccc2nnn(Cc3ccccc3Br)c12. The molecule has 0 fully saturated rings. The zero-order valence-electron chi connectivity index (χ0n) is 10.3. The lowest BCUT2D eigenvalue weighted by Crippen LogP contribution is -2.06. The summed E-state index contributed by atoms with van der Waals surface area (Å²) in [7, 11) is 0. The predicted molar refractivity (Wildman–Crippen MR) is 77.7 cm³/mol. The highest BCUT2D eigenvalue weighted by molar-refractivity contribution is 9.10. The Balaban J connectivity index is 2.13. The second-order valence-electron chi connectivity index (χ2n) is 4.32. The third-order valence-corrected chi connectivity index (χ3v) is 3.82. The van der Waals surface area contributed by atoms with Gasteiger partial charge in [0.1, 0.15) is 11.0 Å². The highest BCUT2D eigenvalue weighted by atomic mass is 79.9. The smallest absolute Gasteiger partial charge is 0.337 e. The predicted octanol–water partition coefficient (Wildman–Crippen LogP) is 2.94. The zero-order valence-corrected chi connectivity index (χ0v) is 11.9. The Morgan fingerprint density at radius 3 is 2.75 bits per heavy atom. The van der Waals surface area contributed by atoms with Gasteiger partial charge in [-0.25, -0.2) is 9.48 Å². The number of aromatic carboxylic acids is 1. The normalized spacial score (nSPS) is 10.8. The van der Waals surface area contributed by atoms with Crippen molar-refractivity contribution in [2.24, 2.45) is 0 Å². The maximum atomic E-state index is 11.3. The Kier molecular flexibility index (Phi) is 3.23. The second-order valence-corrected chi connectivity index (χ2v) is 5.17. The molecule has 20 heavy (non-hydrogen) atoms. The Bertz CT molecular complexity index is 798. The summed E-state index contributed by atoms with van der Waals surface area (Å²) in [6, 6.07) is 12.7.